The van der Waals surface area contributed by atoms with Crippen molar-refractivity contribution in [2.24, 2.45) is 0 Å². The number of hydrogen-bond acceptors (Lipinski definition) is 4. The highest BCUT2D eigenvalue weighted by Gasteiger charge is 2.16. The summed E-state index contributed by atoms with van der Waals surface area (Å²) >= 11 is 0. The Morgan fingerprint density at radius 1 is 1.14 bits per heavy atom. The number of aromatic carboxylic acids is 1. The van der Waals surface area contributed by atoms with Crippen molar-refractivity contribution < 1.29 is 23.8 Å². The lowest BCUT2D eigenvalue weighted by Crippen LogP contribution is -2.23. The van der Waals surface area contributed by atoms with Gasteiger partial charge in [-0.25, -0.2) is 19.0 Å². The van der Waals surface area contributed by atoms with Crippen LogP contribution < -0.4 is 10.1 Å². The van der Waals surface area contributed by atoms with E-state index in [1.54, 1.807) is 12.1 Å². The molecule has 0 atom stereocenters. The molecule has 1 amide bonds. The van der Waals surface area contributed by atoms with Crippen LogP contribution >= 0.6 is 0 Å². The maximum Gasteiger partial charge on any atom is 0.335 e. The standard InChI is InChI=1S/C21H14FN3O4/c1-23-16-10-18(20(25-12-16)29-17-8-6-15(22)7-9-17)19(26)24-11-13-2-4-14(5-3-13)21(27)28/h2-10,12H,11H2,(H,24,26)(H,27,28). The summed E-state index contributed by atoms with van der Waals surface area (Å²) in [7, 11) is 0. The van der Waals surface area contributed by atoms with E-state index in [1.165, 1.54) is 48.7 Å². The number of rotatable bonds is 6. The zero-order chi connectivity index (χ0) is 20.8. The Hall–Kier alpha value is -4.25. The second kappa shape index (κ2) is 8.63. The summed E-state index contributed by atoms with van der Waals surface area (Å²) in [5, 5.41) is 11.6. The molecule has 144 valence electrons. The van der Waals surface area contributed by atoms with Gasteiger partial charge in [-0.2, -0.15) is 0 Å². The van der Waals surface area contributed by atoms with Gasteiger partial charge in [0.1, 0.15) is 11.6 Å². The Balaban J connectivity index is 1.78. The van der Waals surface area contributed by atoms with E-state index in [0.29, 0.717) is 5.56 Å². The van der Waals surface area contributed by atoms with Crippen LogP contribution in [0, 0.1) is 12.4 Å². The number of carboxylic acid groups (broad SMARTS) is 1. The molecule has 0 radical (unpaired) electrons. The third-order valence-corrected chi connectivity index (χ3v) is 3.89. The summed E-state index contributed by atoms with van der Waals surface area (Å²) in [5.41, 5.74) is 1.04. The fourth-order valence-electron chi connectivity index (χ4n) is 2.40. The van der Waals surface area contributed by atoms with E-state index in [4.69, 9.17) is 16.4 Å². The summed E-state index contributed by atoms with van der Waals surface area (Å²) in [6.07, 6.45) is 1.27. The van der Waals surface area contributed by atoms with Gasteiger partial charge in [0.15, 0.2) is 0 Å². The predicted molar refractivity (Wildman–Crippen MR) is 102 cm³/mol. The van der Waals surface area contributed by atoms with E-state index in [9.17, 15) is 14.0 Å². The number of aromatic nitrogens is 1. The number of carbonyl (C=O) groups is 2. The van der Waals surface area contributed by atoms with Gasteiger partial charge in [-0.1, -0.05) is 12.1 Å². The number of pyridine rings is 1. The fourth-order valence-corrected chi connectivity index (χ4v) is 2.40. The van der Waals surface area contributed by atoms with Crippen LogP contribution in [0.3, 0.4) is 0 Å². The highest BCUT2D eigenvalue weighted by Crippen LogP contribution is 2.26. The monoisotopic (exact) mass is 391 g/mol. The van der Waals surface area contributed by atoms with Crippen molar-refractivity contribution in [3.05, 3.63) is 94.7 Å². The second-order valence-electron chi connectivity index (χ2n) is 5.90. The molecule has 1 heterocycles. The largest absolute Gasteiger partial charge is 0.478 e. The molecule has 2 aromatic carbocycles. The summed E-state index contributed by atoms with van der Waals surface area (Å²) in [5.74, 6) is -1.73. The average molecular weight is 391 g/mol. The molecule has 0 aliphatic heterocycles. The Morgan fingerprint density at radius 3 is 2.45 bits per heavy atom. The minimum absolute atomic E-state index is 0.0252. The third-order valence-electron chi connectivity index (χ3n) is 3.89. The molecular formula is C21H14FN3O4. The Bertz CT molecular complexity index is 1090. The van der Waals surface area contributed by atoms with Gasteiger partial charge in [0.05, 0.1) is 17.7 Å². The van der Waals surface area contributed by atoms with E-state index in [0.717, 1.165) is 0 Å². The third kappa shape index (κ3) is 4.93. The lowest BCUT2D eigenvalue weighted by molar-refractivity contribution is 0.0696. The van der Waals surface area contributed by atoms with Gasteiger partial charge in [0.25, 0.3) is 5.91 Å². The quantitative estimate of drug-likeness (QED) is 0.615. The first-order valence-corrected chi connectivity index (χ1v) is 8.37. The smallest absolute Gasteiger partial charge is 0.335 e. The molecule has 0 saturated carbocycles. The first kappa shape index (κ1) is 19.5. The normalized spacial score (nSPS) is 10.1. The topological polar surface area (TPSA) is 92.9 Å². The molecule has 0 spiro atoms. The van der Waals surface area contributed by atoms with Gasteiger partial charge in [-0.05, 0) is 48.0 Å². The Morgan fingerprint density at radius 2 is 1.83 bits per heavy atom. The number of ether oxygens (including phenoxy) is 1. The predicted octanol–water partition coefficient (Wildman–Crippen LogP) is 4.19. The summed E-state index contributed by atoms with van der Waals surface area (Å²) in [6, 6.07) is 12.6. The van der Waals surface area contributed by atoms with Crippen LogP contribution in [0.4, 0.5) is 10.1 Å². The zero-order valence-electron chi connectivity index (χ0n) is 14.9. The molecule has 2 N–H and O–H groups in total. The molecule has 1 aromatic heterocycles. The number of amides is 1. The number of carbonyl (C=O) groups excluding carboxylic acids is 1. The van der Waals surface area contributed by atoms with E-state index in [1.807, 2.05) is 0 Å². The van der Waals surface area contributed by atoms with Crippen molar-refractivity contribution in [1.82, 2.24) is 10.3 Å². The van der Waals surface area contributed by atoms with Crippen molar-refractivity contribution in [3.8, 4) is 11.6 Å². The minimum Gasteiger partial charge on any atom is -0.478 e. The Labute approximate surface area is 165 Å². The number of benzene rings is 2. The average Bonchev–Trinajstić information content (AvgIpc) is 2.74. The van der Waals surface area contributed by atoms with Gasteiger partial charge in [-0.15, -0.1) is 0 Å². The lowest BCUT2D eigenvalue weighted by atomic mass is 10.1. The maximum absolute atomic E-state index is 13.1. The van der Waals surface area contributed by atoms with Gasteiger partial charge in [0, 0.05) is 12.7 Å². The highest BCUT2D eigenvalue weighted by molar-refractivity contribution is 5.97. The molecule has 3 aromatic rings. The van der Waals surface area contributed by atoms with E-state index in [2.05, 4.69) is 15.1 Å². The molecule has 0 fully saturated rings. The number of hydrogen-bond donors (Lipinski definition) is 2. The van der Waals surface area contributed by atoms with E-state index >= 15 is 0 Å². The van der Waals surface area contributed by atoms with Crippen LogP contribution in [0.5, 0.6) is 11.6 Å². The number of nitrogens with one attached hydrogen (secondary N) is 1. The SMILES string of the molecule is [C-]#[N+]c1cnc(Oc2ccc(F)cc2)c(C(=O)NCc2ccc(C(=O)O)cc2)c1. The van der Waals surface area contributed by atoms with E-state index < -0.39 is 17.7 Å². The molecular weight excluding hydrogens is 377 g/mol. The van der Waals surface area contributed by atoms with Crippen LogP contribution in [0.1, 0.15) is 26.3 Å². The second-order valence-corrected chi connectivity index (χ2v) is 5.90. The van der Waals surface area contributed by atoms with Crippen LogP contribution in [0.25, 0.3) is 4.85 Å². The van der Waals surface area contributed by atoms with Crippen LogP contribution in [-0.4, -0.2) is 22.0 Å². The molecule has 3 rings (SSSR count). The minimum atomic E-state index is -1.04. The summed E-state index contributed by atoms with van der Waals surface area (Å²) in [6.45, 7) is 7.25. The first-order chi connectivity index (χ1) is 14.0. The van der Waals surface area contributed by atoms with Crippen molar-refractivity contribution in [3.63, 3.8) is 0 Å². The zero-order valence-corrected chi connectivity index (χ0v) is 14.9. The molecule has 0 aliphatic carbocycles. The molecule has 8 heteroatoms. The highest BCUT2D eigenvalue weighted by atomic mass is 19.1. The number of carboxylic acids is 1. The number of halogens is 1. The molecule has 0 saturated heterocycles. The molecule has 0 bridgehead atoms. The van der Waals surface area contributed by atoms with Gasteiger partial charge >= 0.3 is 5.97 Å². The molecule has 0 unspecified atom stereocenters. The van der Waals surface area contributed by atoms with Gasteiger partial charge in [-0.3, -0.25) is 4.79 Å². The maximum atomic E-state index is 13.1. The molecule has 29 heavy (non-hydrogen) atoms. The fraction of sp³-hybridized carbons (Fsp3) is 0.0476. The Kier molecular flexibility index (Phi) is 5.80. The summed E-state index contributed by atoms with van der Waals surface area (Å²) in [4.78, 5) is 30.8. The van der Waals surface area contributed by atoms with Crippen LogP contribution in [-0.2, 0) is 6.54 Å². The van der Waals surface area contributed by atoms with Crippen molar-refractivity contribution in [1.29, 1.82) is 0 Å². The van der Waals surface area contributed by atoms with Crippen molar-refractivity contribution in [2.75, 3.05) is 0 Å². The van der Waals surface area contributed by atoms with Crippen molar-refractivity contribution in [2.45, 2.75) is 6.54 Å². The first-order valence-electron chi connectivity index (χ1n) is 8.37. The molecule has 7 nitrogen and oxygen atoms in total. The van der Waals surface area contributed by atoms with E-state index in [-0.39, 0.29) is 35.0 Å². The lowest BCUT2D eigenvalue weighted by Gasteiger charge is -2.11. The van der Waals surface area contributed by atoms with Gasteiger partial charge < -0.3 is 15.2 Å². The molecule has 0 aliphatic rings. The van der Waals surface area contributed by atoms with Crippen molar-refractivity contribution >= 4 is 17.6 Å². The van der Waals surface area contributed by atoms with Crippen LogP contribution in [0.2, 0.25) is 0 Å². The van der Waals surface area contributed by atoms with Gasteiger partial charge in [0.2, 0.25) is 11.6 Å². The number of nitrogens with zero attached hydrogens (tertiary/aromatic N) is 2. The summed E-state index contributed by atoms with van der Waals surface area (Å²) < 4.78 is 18.6. The van der Waals surface area contributed by atoms with Crippen LogP contribution in [0.15, 0.2) is 60.8 Å².